The van der Waals surface area contributed by atoms with Gasteiger partial charge in [0, 0.05) is 25.2 Å². The van der Waals surface area contributed by atoms with Gasteiger partial charge in [-0.15, -0.1) is 0 Å². The average molecular weight is 540 g/mol. The fraction of sp³-hybridized carbons (Fsp3) is 0.607. The summed E-state index contributed by atoms with van der Waals surface area (Å²) < 4.78 is 11.4. The Morgan fingerprint density at radius 2 is 1.87 bits per heavy atom. The molecule has 3 rings (SSSR count). The molecule has 2 amide bonds. The zero-order valence-corrected chi connectivity index (χ0v) is 23.4. The number of morpholine rings is 1. The molecule has 10 nitrogen and oxygen atoms in total. The Bertz CT molecular complexity index is 1030. The zero-order valence-electron chi connectivity index (χ0n) is 23.4. The fourth-order valence-electron chi connectivity index (χ4n) is 5.22. The largest absolute Gasteiger partial charge is 0.475 e. The van der Waals surface area contributed by atoms with E-state index in [9.17, 15) is 24.9 Å². The number of nitrogens with one attached hydrogen (secondary N) is 1. The van der Waals surface area contributed by atoms with Crippen molar-refractivity contribution in [3.63, 3.8) is 0 Å². The molecule has 0 spiro atoms. The van der Waals surface area contributed by atoms with E-state index in [2.05, 4.69) is 16.3 Å². The van der Waals surface area contributed by atoms with Crippen molar-refractivity contribution in [2.45, 2.75) is 83.2 Å². The van der Waals surface area contributed by atoms with Crippen LogP contribution in [0.5, 0.6) is 0 Å². The van der Waals surface area contributed by atoms with Crippen molar-refractivity contribution in [3.8, 4) is 6.07 Å². The van der Waals surface area contributed by atoms with Crippen LogP contribution in [-0.4, -0.2) is 94.9 Å². The number of ether oxygens (including phenoxy) is 2. The number of alkyl carbamates (subject to hydrolysis) is 1. The molecule has 3 N–H and O–H groups in total. The van der Waals surface area contributed by atoms with Gasteiger partial charge in [-0.1, -0.05) is 30.3 Å². The summed E-state index contributed by atoms with van der Waals surface area (Å²) in [6.07, 6.45) is 2.71. The first-order chi connectivity index (χ1) is 18.5. The summed E-state index contributed by atoms with van der Waals surface area (Å²) in [5, 5.41) is 32.0. The third kappa shape index (κ3) is 9.07. The Labute approximate surface area is 231 Å². The van der Waals surface area contributed by atoms with E-state index in [-0.39, 0.29) is 36.7 Å². The molecule has 1 aromatic carbocycles. The molecule has 2 unspecified atom stereocenters. The van der Waals surface area contributed by atoms with E-state index >= 15 is 0 Å². The SMILES string of the molecule is C[C@@H]1CN(C(C)(C)C=C(C#N)C(=O)N2CCCCC(OC(=O)NC(Cc3ccccc3)B(O)O)C2)C[C@@H](C)O1. The second kappa shape index (κ2) is 13.9. The van der Waals surface area contributed by atoms with Gasteiger partial charge in [0.05, 0.1) is 24.7 Å². The quantitative estimate of drug-likeness (QED) is 0.259. The minimum Gasteiger partial charge on any atom is -0.444 e. The number of benzene rings is 1. The number of carbonyl (C=O) groups excluding carboxylic acids is 2. The van der Waals surface area contributed by atoms with Gasteiger partial charge in [0.15, 0.2) is 0 Å². The third-order valence-corrected chi connectivity index (χ3v) is 7.23. The molecular weight excluding hydrogens is 499 g/mol. The normalized spacial score (nSPS) is 23.8. The standard InChI is InChI=1S/C28H41BN4O6/c1-20-17-33(18-21(2)38-20)28(3,4)15-23(16-30)26(34)32-13-9-8-12-24(19-32)39-27(35)31-25(29(36)37)14-22-10-6-5-7-11-22/h5-7,10-11,15,20-21,24-25,36-37H,8-9,12-14,17-19H2,1-4H3,(H,31,35)/t20-,21-,24?,25?/m1/s1. The number of nitriles is 1. The van der Waals surface area contributed by atoms with E-state index < -0.39 is 30.8 Å². The summed E-state index contributed by atoms with van der Waals surface area (Å²) in [4.78, 5) is 29.9. The van der Waals surface area contributed by atoms with Gasteiger partial charge in [-0.25, -0.2) is 4.79 Å². The minimum atomic E-state index is -1.77. The van der Waals surface area contributed by atoms with Crippen LogP contribution in [0.2, 0.25) is 0 Å². The van der Waals surface area contributed by atoms with Crippen LogP contribution >= 0.6 is 0 Å². The lowest BCUT2D eigenvalue weighted by Crippen LogP contribution is -2.54. The molecule has 4 atom stereocenters. The van der Waals surface area contributed by atoms with Gasteiger partial charge in [-0.3, -0.25) is 9.69 Å². The van der Waals surface area contributed by atoms with Crippen LogP contribution in [-0.2, 0) is 20.7 Å². The number of likely N-dealkylation sites (tertiary alicyclic amines) is 1. The Hall–Kier alpha value is -2.91. The van der Waals surface area contributed by atoms with Crippen LogP contribution in [0.1, 0.15) is 52.5 Å². The van der Waals surface area contributed by atoms with Gasteiger partial charge in [0.2, 0.25) is 0 Å². The lowest BCUT2D eigenvalue weighted by atomic mass is 9.76. The van der Waals surface area contributed by atoms with Crippen molar-refractivity contribution in [3.05, 3.63) is 47.5 Å². The van der Waals surface area contributed by atoms with Gasteiger partial charge in [-0.05, 0) is 65.0 Å². The molecule has 1 aromatic rings. The topological polar surface area (TPSA) is 135 Å². The number of hydrogen-bond donors (Lipinski definition) is 3. The second-order valence-corrected chi connectivity index (χ2v) is 11.1. The van der Waals surface area contributed by atoms with Gasteiger partial charge in [0.25, 0.3) is 5.91 Å². The van der Waals surface area contributed by atoms with E-state index in [0.717, 1.165) is 18.4 Å². The molecule has 2 aliphatic rings. The second-order valence-electron chi connectivity index (χ2n) is 11.1. The smallest absolute Gasteiger partial charge is 0.444 e. The molecular formula is C28H41BN4O6. The van der Waals surface area contributed by atoms with Crippen LogP contribution in [0.25, 0.3) is 0 Å². The Kier molecular flexibility index (Phi) is 11.0. The Balaban J connectivity index is 1.64. The highest BCUT2D eigenvalue weighted by Crippen LogP contribution is 2.25. The number of rotatable bonds is 8. The van der Waals surface area contributed by atoms with Crippen LogP contribution in [0.4, 0.5) is 4.79 Å². The van der Waals surface area contributed by atoms with Crippen molar-refractivity contribution in [1.29, 1.82) is 5.26 Å². The summed E-state index contributed by atoms with van der Waals surface area (Å²) in [5.41, 5.74) is 0.359. The van der Waals surface area contributed by atoms with E-state index in [1.54, 1.807) is 11.0 Å². The molecule has 2 fully saturated rings. The number of carbonyl (C=O) groups is 2. The predicted octanol–water partition coefficient (Wildman–Crippen LogP) is 2.05. The van der Waals surface area contributed by atoms with Crippen LogP contribution in [0, 0.1) is 11.3 Å². The van der Waals surface area contributed by atoms with Gasteiger partial charge >= 0.3 is 13.2 Å². The summed E-state index contributed by atoms with van der Waals surface area (Å²) in [7, 11) is -1.77. The third-order valence-electron chi connectivity index (χ3n) is 7.23. The van der Waals surface area contributed by atoms with E-state index in [4.69, 9.17) is 9.47 Å². The number of hydrogen-bond acceptors (Lipinski definition) is 8. The number of nitrogens with zero attached hydrogens (tertiary/aromatic N) is 3. The summed E-state index contributed by atoms with van der Waals surface area (Å²) in [6.45, 7) is 10.0. The van der Waals surface area contributed by atoms with Gasteiger partial charge in [-0.2, -0.15) is 5.26 Å². The molecule has 2 aliphatic heterocycles. The molecule has 0 radical (unpaired) electrons. The maximum absolute atomic E-state index is 13.4. The van der Waals surface area contributed by atoms with Crippen LogP contribution in [0.3, 0.4) is 0 Å². The van der Waals surface area contributed by atoms with Gasteiger partial charge in [0.1, 0.15) is 17.7 Å². The number of amides is 2. The Morgan fingerprint density at radius 1 is 1.21 bits per heavy atom. The highest BCUT2D eigenvalue weighted by Gasteiger charge is 2.34. The monoisotopic (exact) mass is 540 g/mol. The summed E-state index contributed by atoms with van der Waals surface area (Å²) in [5.74, 6) is -1.34. The van der Waals surface area contributed by atoms with Crippen molar-refractivity contribution in [1.82, 2.24) is 15.1 Å². The van der Waals surface area contributed by atoms with E-state index in [1.807, 2.05) is 58.0 Å². The van der Waals surface area contributed by atoms with Crippen molar-refractivity contribution in [2.24, 2.45) is 0 Å². The molecule has 0 bridgehead atoms. The molecule has 0 aliphatic carbocycles. The fourth-order valence-corrected chi connectivity index (χ4v) is 5.22. The minimum absolute atomic E-state index is 0.0524. The van der Waals surface area contributed by atoms with Gasteiger partial charge < -0.3 is 29.7 Å². The first kappa shape index (κ1) is 30.6. The highest BCUT2D eigenvalue weighted by atomic mass is 16.6. The van der Waals surface area contributed by atoms with Crippen molar-refractivity contribution < 1.29 is 29.1 Å². The first-order valence-corrected chi connectivity index (χ1v) is 13.7. The summed E-state index contributed by atoms with van der Waals surface area (Å²) in [6, 6.07) is 11.3. The molecule has 0 aromatic heterocycles. The van der Waals surface area contributed by atoms with Crippen LogP contribution in [0.15, 0.2) is 42.0 Å². The first-order valence-electron chi connectivity index (χ1n) is 13.7. The molecule has 212 valence electrons. The van der Waals surface area contributed by atoms with Crippen molar-refractivity contribution >= 4 is 19.1 Å². The lowest BCUT2D eigenvalue weighted by Gasteiger charge is -2.43. The Morgan fingerprint density at radius 3 is 2.49 bits per heavy atom. The molecule has 2 saturated heterocycles. The maximum Gasteiger partial charge on any atom is 0.475 e. The molecule has 11 heteroatoms. The summed E-state index contributed by atoms with van der Waals surface area (Å²) >= 11 is 0. The van der Waals surface area contributed by atoms with E-state index in [0.29, 0.717) is 26.1 Å². The average Bonchev–Trinajstić information content (AvgIpc) is 3.12. The predicted molar refractivity (Wildman–Crippen MR) is 147 cm³/mol. The maximum atomic E-state index is 13.4. The highest BCUT2D eigenvalue weighted by molar-refractivity contribution is 6.43. The zero-order chi connectivity index (χ0) is 28.6. The molecule has 0 saturated carbocycles. The van der Waals surface area contributed by atoms with E-state index in [1.165, 1.54) is 0 Å². The molecule has 2 heterocycles. The molecule has 39 heavy (non-hydrogen) atoms. The van der Waals surface area contributed by atoms with Crippen molar-refractivity contribution in [2.75, 3.05) is 26.2 Å². The lowest BCUT2D eigenvalue weighted by molar-refractivity contribution is -0.128. The van der Waals surface area contributed by atoms with Crippen LogP contribution < -0.4 is 5.32 Å².